The second-order valence-electron chi connectivity index (χ2n) is 4.54. The SMILES string of the molecule is CN(C)c1cccc(Oc2c(F)cc(CO)cc2F)c1. The highest BCUT2D eigenvalue weighted by Gasteiger charge is 2.13. The quantitative estimate of drug-likeness (QED) is 0.932. The lowest BCUT2D eigenvalue weighted by molar-refractivity contribution is 0.279. The number of halogens is 2. The third-order valence-corrected chi connectivity index (χ3v) is 2.79. The van der Waals surface area contributed by atoms with Crippen LogP contribution in [0, 0.1) is 11.6 Å². The molecule has 0 saturated carbocycles. The summed E-state index contributed by atoms with van der Waals surface area (Å²) in [6.45, 7) is -0.426. The van der Waals surface area contributed by atoms with E-state index in [1.54, 1.807) is 18.2 Å². The lowest BCUT2D eigenvalue weighted by Crippen LogP contribution is -2.08. The maximum atomic E-state index is 13.8. The Morgan fingerprint density at radius 3 is 2.30 bits per heavy atom. The topological polar surface area (TPSA) is 32.7 Å². The normalized spacial score (nSPS) is 10.4. The fourth-order valence-electron chi connectivity index (χ4n) is 1.74. The summed E-state index contributed by atoms with van der Waals surface area (Å²) in [5.41, 5.74) is 1.02. The molecule has 0 fully saturated rings. The summed E-state index contributed by atoms with van der Waals surface area (Å²) in [4.78, 5) is 1.86. The molecule has 0 spiro atoms. The molecule has 0 radical (unpaired) electrons. The fourth-order valence-corrected chi connectivity index (χ4v) is 1.74. The summed E-state index contributed by atoms with van der Waals surface area (Å²) in [6, 6.07) is 8.99. The smallest absolute Gasteiger partial charge is 0.198 e. The van der Waals surface area contributed by atoms with Crippen LogP contribution in [-0.4, -0.2) is 19.2 Å². The van der Waals surface area contributed by atoms with E-state index in [0.717, 1.165) is 17.8 Å². The van der Waals surface area contributed by atoms with Crippen molar-refractivity contribution in [3.63, 3.8) is 0 Å². The van der Waals surface area contributed by atoms with Gasteiger partial charge in [0, 0.05) is 25.8 Å². The second kappa shape index (κ2) is 5.88. The average Bonchev–Trinajstić information content (AvgIpc) is 2.42. The minimum absolute atomic E-state index is 0.161. The third-order valence-electron chi connectivity index (χ3n) is 2.79. The van der Waals surface area contributed by atoms with Crippen LogP contribution in [0.2, 0.25) is 0 Å². The predicted molar refractivity (Wildman–Crippen MR) is 73.1 cm³/mol. The lowest BCUT2D eigenvalue weighted by atomic mass is 10.2. The Balaban J connectivity index is 2.32. The van der Waals surface area contributed by atoms with Gasteiger partial charge in [-0.1, -0.05) is 6.07 Å². The molecule has 0 saturated heterocycles. The number of aliphatic hydroxyl groups excluding tert-OH is 1. The van der Waals surface area contributed by atoms with Gasteiger partial charge in [0.15, 0.2) is 17.4 Å². The molecule has 0 amide bonds. The summed E-state index contributed by atoms with van der Waals surface area (Å²) < 4.78 is 32.8. The van der Waals surface area contributed by atoms with Gasteiger partial charge in [0.1, 0.15) is 5.75 Å². The molecule has 106 valence electrons. The zero-order chi connectivity index (χ0) is 14.7. The van der Waals surface area contributed by atoms with E-state index < -0.39 is 24.0 Å². The number of rotatable bonds is 4. The van der Waals surface area contributed by atoms with Gasteiger partial charge in [-0.3, -0.25) is 0 Å². The average molecular weight is 279 g/mol. The van der Waals surface area contributed by atoms with Gasteiger partial charge >= 0.3 is 0 Å². The van der Waals surface area contributed by atoms with Crippen molar-refractivity contribution >= 4 is 5.69 Å². The number of hydrogen-bond acceptors (Lipinski definition) is 3. The summed E-state index contributed by atoms with van der Waals surface area (Å²) in [5.74, 6) is -1.82. The Bertz CT molecular complexity index is 592. The summed E-state index contributed by atoms with van der Waals surface area (Å²) in [6.07, 6.45) is 0. The maximum Gasteiger partial charge on any atom is 0.198 e. The number of nitrogens with zero attached hydrogens (tertiary/aromatic N) is 1. The first-order chi connectivity index (χ1) is 9.51. The van der Waals surface area contributed by atoms with Crippen LogP contribution in [0.4, 0.5) is 14.5 Å². The summed E-state index contributed by atoms with van der Waals surface area (Å²) in [7, 11) is 3.71. The van der Waals surface area contributed by atoms with E-state index in [0.29, 0.717) is 5.75 Å². The van der Waals surface area contributed by atoms with E-state index in [4.69, 9.17) is 9.84 Å². The summed E-state index contributed by atoms with van der Waals surface area (Å²) >= 11 is 0. The molecule has 2 rings (SSSR count). The van der Waals surface area contributed by atoms with Gasteiger partial charge < -0.3 is 14.7 Å². The molecule has 1 N–H and O–H groups in total. The number of anilines is 1. The molecular formula is C15H15F2NO2. The molecule has 0 bridgehead atoms. The second-order valence-corrected chi connectivity index (χ2v) is 4.54. The molecule has 0 unspecified atom stereocenters. The number of aliphatic hydroxyl groups is 1. The monoisotopic (exact) mass is 279 g/mol. The molecule has 0 heterocycles. The van der Waals surface area contributed by atoms with Gasteiger partial charge in [0.25, 0.3) is 0 Å². The molecule has 0 aliphatic carbocycles. The molecule has 0 aliphatic heterocycles. The lowest BCUT2D eigenvalue weighted by Gasteiger charge is -2.14. The minimum Gasteiger partial charge on any atom is -0.451 e. The molecule has 0 aliphatic rings. The van der Waals surface area contributed by atoms with Gasteiger partial charge in [0.2, 0.25) is 0 Å². The highest BCUT2D eigenvalue weighted by atomic mass is 19.1. The van der Waals surface area contributed by atoms with E-state index in [9.17, 15) is 8.78 Å². The number of benzene rings is 2. The Labute approximate surface area is 116 Å². The molecular weight excluding hydrogens is 264 g/mol. The van der Waals surface area contributed by atoms with Crippen LogP contribution in [0.3, 0.4) is 0 Å². The highest BCUT2D eigenvalue weighted by Crippen LogP contribution is 2.30. The number of hydrogen-bond donors (Lipinski definition) is 1. The Hall–Kier alpha value is -2.14. The molecule has 2 aromatic rings. The summed E-state index contributed by atoms with van der Waals surface area (Å²) in [5, 5.41) is 8.88. The molecule has 2 aromatic carbocycles. The first kappa shape index (κ1) is 14.3. The van der Waals surface area contributed by atoms with Gasteiger partial charge in [0.05, 0.1) is 6.61 Å². The van der Waals surface area contributed by atoms with Gasteiger partial charge in [-0.15, -0.1) is 0 Å². The largest absolute Gasteiger partial charge is 0.451 e. The van der Waals surface area contributed by atoms with E-state index in [1.165, 1.54) is 0 Å². The predicted octanol–water partition coefficient (Wildman–Crippen LogP) is 3.32. The van der Waals surface area contributed by atoms with Crippen LogP contribution in [0.25, 0.3) is 0 Å². The third kappa shape index (κ3) is 3.05. The molecule has 3 nitrogen and oxygen atoms in total. The van der Waals surface area contributed by atoms with E-state index in [-0.39, 0.29) is 5.56 Å². The first-order valence-corrected chi connectivity index (χ1v) is 6.05. The Morgan fingerprint density at radius 1 is 1.10 bits per heavy atom. The van der Waals surface area contributed by atoms with Crippen molar-refractivity contribution in [3.05, 3.63) is 53.6 Å². The van der Waals surface area contributed by atoms with Crippen LogP contribution >= 0.6 is 0 Å². The van der Waals surface area contributed by atoms with Crippen molar-refractivity contribution < 1.29 is 18.6 Å². The number of ether oxygens (including phenoxy) is 1. The van der Waals surface area contributed by atoms with Crippen molar-refractivity contribution in [2.45, 2.75) is 6.61 Å². The first-order valence-electron chi connectivity index (χ1n) is 6.05. The molecule has 20 heavy (non-hydrogen) atoms. The Morgan fingerprint density at radius 2 is 1.75 bits per heavy atom. The van der Waals surface area contributed by atoms with Crippen LogP contribution in [0.1, 0.15) is 5.56 Å². The molecule has 0 atom stereocenters. The zero-order valence-electron chi connectivity index (χ0n) is 11.2. The van der Waals surface area contributed by atoms with Crippen molar-refractivity contribution in [2.75, 3.05) is 19.0 Å². The highest BCUT2D eigenvalue weighted by molar-refractivity contribution is 5.50. The van der Waals surface area contributed by atoms with Crippen molar-refractivity contribution in [1.82, 2.24) is 0 Å². The van der Waals surface area contributed by atoms with Crippen molar-refractivity contribution in [2.24, 2.45) is 0 Å². The van der Waals surface area contributed by atoms with Gasteiger partial charge in [-0.25, -0.2) is 8.78 Å². The van der Waals surface area contributed by atoms with E-state index in [1.807, 2.05) is 25.1 Å². The molecule has 0 aromatic heterocycles. The van der Waals surface area contributed by atoms with E-state index in [2.05, 4.69) is 0 Å². The van der Waals surface area contributed by atoms with Crippen LogP contribution in [0.15, 0.2) is 36.4 Å². The van der Waals surface area contributed by atoms with Crippen LogP contribution in [0.5, 0.6) is 11.5 Å². The zero-order valence-corrected chi connectivity index (χ0v) is 11.2. The van der Waals surface area contributed by atoms with Crippen LogP contribution in [-0.2, 0) is 6.61 Å². The Kier molecular flexibility index (Phi) is 4.20. The van der Waals surface area contributed by atoms with Gasteiger partial charge in [-0.2, -0.15) is 0 Å². The minimum atomic E-state index is -0.843. The fraction of sp³-hybridized carbons (Fsp3) is 0.200. The molecule has 5 heteroatoms. The maximum absolute atomic E-state index is 13.8. The van der Waals surface area contributed by atoms with Gasteiger partial charge in [-0.05, 0) is 29.8 Å². The van der Waals surface area contributed by atoms with Crippen molar-refractivity contribution in [1.29, 1.82) is 0 Å². The van der Waals surface area contributed by atoms with E-state index >= 15 is 0 Å². The standard InChI is InChI=1S/C15H15F2NO2/c1-18(2)11-4-3-5-12(8-11)20-15-13(16)6-10(9-19)7-14(15)17/h3-8,19H,9H2,1-2H3. The van der Waals surface area contributed by atoms with Crippen LogP contribution < -0.4 is 9.64 Å². The van der Waals surface area contributed by atoms with Crippen molar-refractivity contribution in [3.8, 4) is 11.5 Å².